The monoisotopic (exact) mass is 359 g/mol. The van der Waals surface area contributed by atoms with Crippen molar-refractivity contribution >= 4 is 48.5 Å². The standard InChI is InChI=1S/C11H11Br2N3O/c1-17-5-6-4-9(16-14)10-7(12)2-3-8(13)11(10)15-6/h2-4H,5,14H2,1H3,(H,15,16). The van der Waals surface area contributed by atoms with Crippen molar-refractivity contribution in [3.05, 3.63) is 32.8 Å². The third-order valence-corrected chi connectivity index (χ3v) is 3.66. The molecule has 0 radical (unpaired) electrons. The van der Waals surface area contributed by atoms with E-state index in [9.17, 15) is 0 Å². The van der Waals surface area contributed by atoms with Crippen LogP contribution in [0.4, 0.5) is 5.69 Å². The number of methoxy groups -OCH3 is 1. The van der Waals surface area contributed by atoms with E-state index in [0.29, 0.717) is 6.61 Å². The molecule has 0 atom stereocenters. The van der Waals surface area contributed by atoms with E-state index >= 15 is 0 Å². The van der Waals surface area contributed by atoms with E-state index in [1.165, 1.54) is 0 Å². The molecule has 0 bridgehead atoms. The minimum atomic E-state index is 0.448. The predicted molar refractivity (Wildman–Crippen MR) is 75.7 cm³/mol. The molecule has 0 amide bonds. The molecular weight excluding hydrogens is 350 g/mol. The Balaban J connectivity index is 2.77. The van der Waals surface area contributed by atoms with Gasteiger partial charge >= 0.3 is 0 Å². The van der Waals surface area contributed by atoms with Crippen molar-refractivity contribution in [2.24, 2.45) is 5.84 Å². The number of hydrogen-bond donors (Lipinski definition) is 2. The van der Waals surface area contributed by atoms with Gasteiger partial charge in [-0.1, -0.05) is 15.9 Å². The van der Waals surface area contributed by atoms with Crippen LogP contribution in [0.3, 0.4) is 0 Å². The number of nitrogens with one attached hydrogen (secondary N) is 1. The van der Waals surface area contributed by atoms with Gasteiger partial charge in [0.2, 0.25) is 0 Å². The highest BCUT2D eigenvalue weighted by atomic mass is 79.9. The van der Waals surface area contributed by atoms with Gasteiger partial charge < -0.3 is 10.2 Å². The van der Waals surface area contributed by atoms with Crippen LogP contribution in [0.25, 0.3) is 10.9 Å². The summed E-state index contributed by atoms with van der Waals surface area (Å²) in [6, 6.07) is 5.77. The first-order valence-corrected chi connectivity index (χ1v) is 6.49. The highest BCUT2D eigenvalue weighted by molar-refractivity contribution is 9.11. The number of nitrogen functional groups attached to an aromatic ring is 1. The van der Waals surface area contributed by atoms with Crippen LogP contribution >= 0.6 is 31.9 Å². The van der Waals surface area contributed by atoms with Gasteiger partial charge in [-0.3, -0.25) is 5.84 Å². The Morgan fingerprint density at radius 1 is 1.35 bits per heavy atom. The Morgan fingerprint density at radius 2 is 2.06 bits per heavy atom. The second kappa shape index (κ2) is 5.30. The highest BCUT2D eigenvalue weighted by Crippen LogP contribution is 2.34. The lowest BCUT2D eigenvalue weighted by Gasteiger charge is -2.11. The molecule has 3 N–H and O–H groups in total. The normalized spacial score (nSPS) is 10.8. The smallest absolute Gasteiger partial charge is 0.0885 e. The van der Waals surface area contributed by atoms with Gasteiger partial charge in [0.05, 0.1) is 23.5 Å². The van der Waals surface area contributed by atoms with Gasteiger partial charge in [-0.2, -0.15) is 0 Å². The molecule has 17 heavy (non-hydrogen) atoms. The zero-order chi connectivity index (χ0) is 12.4. The maximum absolute atomic E-state index is 5.55. The number of ether oxygens (including phenoxy) is 1. The number of hydrazine groups is 1. The number of anilines is 1. The number of aromatic nitrogens is 1. The fourth-order valence-corrected chi connectivity index (χ4v) is 2.61. The molecule has 0 saturated carbocycles. The predicted octanol–water partition coefficient (Wildman–Crippen LogP) is 3.19. The maximum Gasteiger partial charge on any atom is 0.0885 e. The highest BCUT2D eigenvalue weighted by Gasteiger charge is 2.11. The second-order valence-corrected chi connectivity index (χ2v) is 5.20. The number of nitrogens with zero attached hydrogens (tertiary/aromatic N) is 1. The van der Waals surface area contributed by atoms with E-state index in [-0.39, 0.29) is 0 Å². The second-order valence-electron chi connectivity index (χ2n) is 3.49. The SMILES string of the molecule is COCc1cc(NN)c2c(Br)ccc(Br)c2n1. The molecule has 2 rings (SSSR count). The van der Waals surface area contributed by atoms with Crippen LogP contribution < -0.4 is 11.3 Å². The first-order chi connectivity index (χ1) is 8.17. The Bertz CT molecular complexity index is 560. The van der Waals surface area contributed by atoms with E-state index in [1.807, 2.05) is 18.2 Å². The van der Waals surface area contributed by atoms with Gasteiger partial charge in [-0.15, -0.1) is 0 Å². The molecule has 1 aromatic heterocycles. The van der Waals surface area contributed by atoms with Crippen LogP contribution in [-0.4, -0.2) is 12.1 Å². The molecule has 90 valence electrons. The molecular formula is C11H11Br2N3O. The van der Waals surface area contributed by atoms with Crippen LogP contribution in [0.5, 0.6) is 0 Å². The average molecular weight is 361 g/mol. The lowest BCUT2D eigenvalue weighted by molar-refractivity contribution is 0.182. The molecule has 0 aliphatic carbocycles. The quantitative estimate of drug-likeness (QED) is 0.651. The molecule has 2 aromatic rings. The summed E-state index contributed by atoms with van der Waals surface area (Å²) in [6.45, 7) is 0.448. The van der Waals surface area contributed by atoms with Crippen molar-refractivity contribution in [2.75, 3.05) is 12.5 Å². The van der Waals surface area contributed by atoms with Crippen molar-refractivity contribution in [2.45, 2.75) is 6.61 Å². The maximum atomic E-state index is 5.55. The third-order valence-electron chi connectivity index (χ3n) is 2.36. The van der Waals surface area contributed by atoms with Crippen molar-refractivity contribution in [1.82, 2.24) is 4.98 Å². The zero-order valence-corrected chi connectivity index (χ0v) is 12.3. The van der Waals surface area contributed by atoms with Gasteiger partial charge in [-0.25, -0.2) is 4.98 Å². The number of fused-ring (bicyclic) bond motifs is 1. The van der Waals surface area contributed by atoms with Crippen molar-refractivity contribution in [3.63, 3.8) is 0 Å². The van der Waals surface area contributed by atoms with E-state index < -0.39 is 0 Å². The molecule has 1 aromatic carbocycles. The molecule has 0 fully saturated rings. The summed E-state index contributed by atoms with van der Waals surface area (Å²) in [5, 5.41) is 0.946. The number of halogens is 2. The largest absolute Gasteiger partial charge is 0.378 e. The van der Waals surface area contributed by atoms with Gasteiger partial charge in [0.15, 0.2) is 0 Å². The van der Waals surface area contributed by atoms with Crippen LogP contribution in [0.2, 0.25) is 0 Å². The summed E-state index contributed by atoms with van der Waals surface area (Å²) >= 11 is 6.99. The number of pyridine rings is 1. The van der Waals surface area contributed by atoms with E-state index in [0.717, 1.165) is 31.2 Å². The first kappa shape index (κ1) is 12.8. The van der Waals surface area contributed by atoms with Gasteiger partial charge in [0, 0.05) is 21.4 Å². The van der Waals surface area contributed by atoms with Crippen LogP contribution in [-0.2, 0) is 11.3 Å². The van der Waals surface area contributed by atoms with Gasteiger partial charge in [0.1, 0.15) is 0 Å². The van der Waals surface area contributed by atoms with E-state index in [2.05, 4.69) is 42.3 Å². The molecule has 4 nitrogen and oxygen atoms in total. The number of hydrogen-bond acceptors (Lipinski definition) is 4. The fourth-order valence-electron chi connectivity index (χ4n) is 1.66. The lowest BCUT2D eigenvalue weighted by Crippen LogP contribution is -2.09. The average Bonchev–Trinajstić information content (AvgIpc) is 2.33. The summed E-state index contributed by atoms with van der Waals surface area (Å²) in [6.07, 6.45) is 0. The fraction of sp³-hybridized carbons (Fsp3) is 0.182. The lowest BCUT2D eigenvalue weighted by atomic mass is 10.1. The Kier molecular flexibility index (Phi) is 3.98. The molecule has 1 heterocycles. The van der Waals surface area contributed by atoms with Crippen molar-refractivity contribution < 1.29 is 4.74 Å². The Labute approximate surface area is 116 Å². The first-order valence-electron chi connectivity index (χ1n) is 4.90. The molecule has 6 heteroatoms. The summed E-state index contributed by atoms with van der Waals surface area (Å²) in [4.78, 5) is 4.54. The minimum absolute atomic E-state index is 0.448. The molecule has 0 aliphatic heterocycles. The minimum Gasteiger partial charge on any atom is -0.378 e. The molecule has 0 aliphatic rings. The van der Waals surface area contributed by atoms with Gasteiger partial charge in [-0.05, 0) is 34.1 Å². The topological polar surface area (TPSA) is 60.2 Å². The molecule has 0 spiro atoms. The molecule has 0 saturated heterocycles. The van der Waals surface area contributed by atoms with E-state index in [1.54, 1.807) is 7.11 Å². The Morgan fingerprint density at radius 3 is 2.71 bits per heavy atom. The summed E-state index contributed by atoms with van der Waals surface area (Å²) in [5.41, 5.74) is 5.18. The van der Waals surface area contributed by atoms with Crippen molar-refractivity contribution in [1.29, 1.82) is 0 Å². The zero-order valence-electron chi connectivity index (χ0n) is 9.13. The molecule has 0 unspecified atom stereocenters. The number of rotatable bonds is 3. The van der Waals surface area contributed by atoms with Gasteiger partial charge in [0.25, 0.3) is 0 Å². The number of benzene rings is 1. The van der Waals surface area contributed by atoms with E-state index in [4.69, 9.17) is 10.6 Å². The van der Waals surface area contributed by atoms with Crippen molar-refractivity contribution in [3.8, 4) is 0 Å². The van der Waals surface area contributed by atoms with Crippen LogP contribution in [0.1, 0.15) is 5.69 Å². The number of nitrogens with two attached hydrogens (primary N) is 1. The summed E-state index contributed by atoms with van der Waals surface area (Å²) in [7, 11) is 1.64. The van der Waals surface area contributed by atoms with Crippen LogP contribution in [0.15, 0.2) is 27.1 Å². The Hall–Kier alpha value is -0.690. The third kappa shape index (κ3) is 2.44. The summed E-state index contributed by atoms with van der Waals surface area (Å²) in [5.74, 6) is 5.55. The summed E-state index contributed by atoms with van der Waals surface area (Å²) < 4.78 is 6.95. The van der Waals surface area contributed by atoms with Crippen LogP contribution in [0, 0.1) is 0 Å².